The molecule has 2 heterocycles. The molecule has 1 atom stereocenters. The van der Waals surface area contributed by atoms with Crippen LogP contribution in [0.25, 0.3) is 0 Å². The first-order valence-corrected chi connectivity index (χ1v) is 11.3. The summed E-state index contributed by atoms with van der Waals surface area (Å²) in [5, 5.41) is 13.7. The molecule has 4 rings (SSSR count). The minimum absolute atomic E-state index is 0.0765. The van der Waals surface area contributed by atoms with Crippen molar-refractivity contribution in [1.82, 2.24) is 20.0 Å². The number of rotatable bonds is 8. The van der Waals surface area contributed by atoms with E-state index in [0.29, 0.717) is 6.42 Å². The third-order valence-electron chi connectivity index (χ3n) is 5.41. The molecule has 0 N–H and O–H groups in total. The largest absolute Gasteiger partial charge is 0.461 e. The molecular formula is C25H25N5O5. The monoisotopic (exact) mass is 475 g/mol. The predicted molar refractivity (Wildman–Crippen MR) is 126 cm³/mol. The Bertz CT molecular complexity index is 1240. The summed E-state index contributed by atoms with van der Waals surface area (Å²) >= 11 is 0. The summed E-state index contributed by atoms with van der Waals surface area (Å²) in [4.78, 5) is 38.4. The molecule has 1 aliphatic heterocycles. The summed E-state index contributed by atoms with van der Waals surface area (Å²) in [6.07, 6.45) is 0.524. The summed E-state index contributed by atoms with van der Waals surface area (Å²) < 4.78 is 11.1. The zero-order valence-corrected chi connectivity index (χ0v) is 19.5. The van der Waals surface area contributed by atoms with Gasteiger partial charge in [-0.05, 0) is 25.0 Å². The van der Waals surface area contributed by atoms with Gasteiger partial charge in [0.25, 0.3) is 5.91 Å². The van der Waals surface area contributed by atoms with Crippen LogP contribution in [-0.4, -0.2) is 56.8 Å². The summed E-state index contributed by atoms with van der Waals surface area (Å²) in [5.74, 6) is -2.06. The van der Waals surface area contributed by atoms with E-state index in [2.05, 4.69) is 15.4 Å². The van der Waals surface area contributed by atoms with Gasteiger partial charge in [-0.3, -0.25) is 4.79 Å². The summed E-state index contributed by atoms with van der Waals surface area (Å²) in [6.45, 7) is 3.07. The highest BCUT2D eigenvalue weighted by Crippen LogP contribution is 2.33. The molecule has 0 bridgehead atoms. The zero-order valence-electron chi connectivity index (χ0n) is 19.5. The molecule has 0 unspecified atom stereocenters. The van der Waals surface area contributed by atoms with Crippen LogP contribution in [0, 0.1) is 0 Å². The van der Waals surface area contributed by atoms with Crippen LogP contribution in [0.15, 0.2) is 65.8 Å². The van der Waals surface area contributed by atoms with Crippen LogP contribution in [0.1, 0.15) is 58.4 Å². The van der Waals surface area contributed by atoms with E-state index in [1.807, 2.05) is 60.7 Å². The quantitative estimate of drug-likeness (QED) is 0.460. The second kappa shape index (κ2) is 10.7. The number of benzene rings is 2. The first-order valence-electron chi connectivity index (χ1n) is 11.3. The van der Waals surface area contributed by atoms with E-state index in [0.717, 1.165) is 21.5 Å². The van der Waals surface area contributed by atoms with Crippen LogP contribution in [0.4, 0.5) is 0 Å². The lowest BCUT2D eigenvalue weighted by Gasteiger charge is -2.22. The van der Waals surface area contributed by atoms with Crippen molar-refractivity contribution in [1.29, 1.82) is 0 Å². The Morgan fingerprint density at radius 2 is 1.54 bits per heavy atom. The molecule has 0 spiro atoms. The van der Waals surface area contributed by atoms with Crippen molar-refractivity contribution >= 4 is 23.6 Å². The molecule has 180 valence electrons. The summed E-state index contributed by atoms with van der Waals surface area (Å²) in [6, 6.07) is 18.9. The van der Waals surface area contributed by atoms with Crippen LogP contribution < -0.4 is 0 Å². The van der Waals surface area contributed by atoms with E-state index in [9.17, 15) is 14.4 Å². The Hall–Kier alpha value is -4.34. The Balaban J connectivity index is 1.67. The molecule has 1 aliphatic rings. The topological polar surface area (TPSA) is 116 Å². The maximum absolute atomic E-state index is 13.5. The average Bonchev–Trinajstić information content (AvgIpc) is 3.51. The number of hydrogen-bond donors (Lipinski definition) is 0. The van der Waals surface area contributed by atoms with Gasteiger partial charge in [0.15, 0.2) is 5.69 Å². The Morgan fingerprint density at radius 1 is 0.914 bits per heavy atom. The van der Waals surface area contributed by atoms with Gasteiger partial charge >= 0.3 is 11.9 Å². The smallest absolute Gasteiger partial charge is 0.361 e. The van der Waals surface area contributed by atoms with E-state index in [1.165, 1.54) is 5.01 Å². The lowest BCUT2D eigenvalue weighted by atomic mass is 9.98. The highest BCUT2D eigenvalue weighted by atomic mass is 16.5. The van der Waals surface area contributed by atoms with Gasteiger partial charge in [-0.1, -0.05) is 65.9 Å². The normalized spacial score (nSPS) is 15.0. The highest BCUT2D eigenvalue weighted by Gasteiger charge is 2.35. The van der Waals surface area contributed by atoms with E-state index in [4.69, 9.17) is 9.47 Å². The van der Waals surface area contributed by atoms with E-state index < -0.39 is 17.8 Å². The van der Waals surface area contributed by atoms with Crippen molar-refractivity contribution in [2.24, 2.45) is 5.10 Å². The number of hydrogen-bond acceptors (Lipinski definition) is 8. The minimum Gasteiger partial charge on any atom is -0.461 e. The first-order chi connectivity index (χ1) is 17.0. The highest BCUT2D eigenvalue weighted by molar-refractivity contribution is 6.03. The molecule has 0 saturated carbocycles. The lowest BCUT2D eigenvalue weighted by Crippen LogP contribution is -2.32. The third-order valence-corrected chi connectivity index (χ3v) is 5.41. The van der Waals surface area contributed by atoms with Crippen LogP contribution in [0.2, 0.25) is 0 Å². The van der Waals surface area contributed by atoms with Crippen LogP contribution in [0.5, 0.6) is 0 Å². The fourth-order valence-electron chi connectivity index (χ4n) is 3.84. The number of aromatic nitrogens is 3. The van der Waals surface area contributed by atoms with Crippen molar-refractivity contribution in [3.8, 4) is 0 Å². The van der Waals surface area contributed by atoms with E-state index >= 15 is 0 Å². The average molecular weight is 476 g/mol. The number of nitrogens with zero attached hydrogens (tertiary/aromatic N) is 5. The zero-order chi connectivity index (χ0) is 24.8. The fourth-order valence-corrected chi connectivity index (χ4v) is 3.84. The number of esters is 2. The maximum Gasteiger partial charge on any atom is 0.361 e. The third kappa shape index (κ3) is 5.11. The van der Waals surface area contributed by atoms with Gasteiger partial charge < -0.3 is 9.47 Å². The van der Waals surface area contributed by atoms with Crippen molar-refractivity contribution < 1.29 is 23.9 Å². The van der Waals surface area contributed by atoms with Crippen LogP contribution in [-0.2, 0) is 20.8 Å². The van der Waals surface area contributed by atoms with E-state index in [-0.39, 0.29) is 37.2 Å². The van der Waals surface area contributed by atoms with Gasteiger partial charge in [0.1, 0.15) is 6.54 Å². The molecule has 2 aromatic carbocycles. The van der Waals surface area contributed by atoms with Gasteiger partial charge in [0, 0.05) is 6.42 Å². The Morgan fingerprint density at radius 3 is 2.20 bits per heavy atom. The Kier molecular flexibility index (Phi) is 7.30. The SMILES string of the molecule is CCOC(=O)c1nnn(CC(=O)N2N=C(c3ccccc3)C[C@H]2c2ccccc2)c1C(=O)OCC. The van der Waals surface area contributed by atoms with Gasteiger partial charge in [-0.15, -0.1) is 5.10 Å². The first kappa shape index (κ1) is 23.8. The molecule has 1 aromatic heterocycles. The standard InChI is InChI=1S/C25H25N5O5/c1-3-34-24(32)22-23(25(33)35-4-2)29(28-26-22)16-21(31)30-20(18-13-9-6-10-14-18)15-19(27-30)17-11-7-5-8-12-17/h5-14,20H,3-4,15-16H2,1-2H3/t20-/m0/s1. The molecule has 0 aliphatic carbocycles. The summed E-state index contributed by atoms with van der Waals surface area (Å²) in [5.41, 5.74) is 2.08. The molecule has 10 heteroatoms. The predicted octanol–water partition coefficient (Wildman–Crippen LogP) is 3.01. The molecule has 35 heavy (non-hydrogen) atoms. The molecule has 3 aromatic rings. The summed E-state index contributed by atoms with van der Waals surface area (Å²) in [7, 11) is 0. The molecule has 1 amide bonds. The Labute approximate surface area is 202 Å². The number of ether oxygens (including phenoxy) is 2. The number of carbonyl (C=O) groups is 3. The van der Waals surface area contributed by atoms with Crippen molar-refractivity contribution in [2.75, 3.05) is 13.2 Å². The number of carbonyl (C=O) groups excluding carboxylic acids is 3. The minimum atomic E-state index is -0.818. The molecule has 0 fully saturated rings. The van der Waals surface area contributed by atoms with Gasteiger partial charge in [-0.2, -0.15) is 5.10 Å². The molecule has 10 nitrogen and oxygen atoms in total. The van der Waals surface area contributed by atoms with Gasteiger partial charge in [-0.25, -0.2) is 19.3 Å². The lowest BCUT2D eigenvalue weighted by molar-refractivity contribution is -0.133. The van der Waals surface area contributed by atoms with Crippen LogP contribution in [0.3, 0.4) is 0 Å². The van der Waals surface area contributed by atoms with Crippen molar-refractivity contribution in [3.05, 3.63) is 83.2 Å². The maximum atomic E-state index is 13.5. The molecular weight excluding hydrogens is 450 g/mol. The van der Waals surface area contributed by atoms with Crippen LogP contribution >= 0.6 is 0 Å². The second-order valence-electron chi connectivity index (χ2n) is 7.67. The van der Waals surface area contributed by atoms with Gasteiger partial charge in [0.05, 0.1) is 25.0 Å². The van der Waals surface area contributed by atoms with Crippen molar-refractivity contribution in [2.45, 2.75) is 32.9 Å². The number of hydrazone groups is 1. The molecule has 0 saturated heterocycles. The fraction of sp³-hybridized carbons (Fsp3) is 0.280. The van der Waals surface area contributed by atoms with Crippen molar-refractivity contribution in [3.63, 3.8) is 0 Å². The molecule has 0 radical (unpaired) electrons. The van der Waals surface area contributed by atoms with Gasteiger partial charge in [0.2, 0.25) is 5.69 Å². The second-order valence-corrected chi connectivity index (χ2v) is 7.67. The van der Waals surface area contributed by atoms with E-state index in [1.54, 1.807) is 13.8 Å². The number of amides is 1.